The molecule has 2 aromatic carbocycles. The number of ether oxygens (including phenoxy) is 1. The van der Waals surface area contributed by atoms with Gasteiger partial charge in [-0.1, -0.05) is 24.3 Å². The van der Waals surface area contributed by atoms with Crippen molar-refractivity contribution in [2.45, 2.75) is 31.9 Å². The maximum Gasteiger partial charge on any atom is 0.238 e. The summed E-state index contributed by atoms with van der Waals surface area (Å²) in [6, 6.07) is 14.1. The molecule has 0 amide bonds. The molecule has 2 N–H and O–H groups in total. The van der Waals surface area contributed by atoms with Crippen molar-refractivity contribution >= 4 is 10.0 Å². The molecule has 0 saturated heterocycles. The van der Waals surface area contributed by atoms with Crippen LogP contribution in [0, 0.1) is 6.92 Å². The molecule has 0 aliphatic rings. The van der Waals surface area contributed by atoms with Gasteiger partial charge in [0.15, 0.2) is 11.6 Å². The second-order valence-electron chi connectivity index (χ2n) is 5.79. The topological polar surface area (TPSA) is 100 Å². The molecule has 3 aromatic rings. The van der Waals surface area contributed by atoms with Crippen molar-refractivity contribution < 1.29 is 13.2 Å². The number of benzene rings is 2. The summed E-state index contributed by atoms with van der Waals surface area (Å²) in [5.74, 6) is 1.84. The van der Waals surface area contributed by atoms with Gasteiger partial charge in [0.25, 0.3) is 0 Å². The van der Waals surface area contributed by atoms with E-state index in [0.29, 0.717) is 23.8 Å². The van der Waals surface area contributed by atoms with Gasteiger partial charge in [0.05, 0.1) is 4.90 Å². The lowest BCUT2D eigenvalue weighted by molar-refractivity contribution is 0.295. The standard InChI is InChI=1S/C18H20N4O3S/c1-3-22-18(16-11-15(26(19,23)24)10-9-13(16)2)20-17(21-22)12-25-14-7-5-4-6-8-14/h4-11H,3,12H2,1-2H3,(H2,19,23,24). The summed E-state index contributed by atoms with van der Waals surface area (Å²) in [6.45, 7) is 4.64. The Balaban J connectivity index is 1.94. The maximum atomic E-state index is 11.7. The second kappa shape index (κ2) is 7.27. The lowest BCUT2D eigenvalue weighted by Crippen LogP contribution is -2.12. The van der Waals surface area contributed by atoms with E-state index in [-0.39, 0.29) is 11.5 Å². The largest absolute Gasteiger partial charge is 0.486 e. The van der Waals surface area contributed by atoms with Gasteiger partial charge in [0, 0.05) is 12.1 Å². The molecule has 0 spiro atoms. The summed E-state index contributed by atoms with van der Waals surface area (Å²) in [6.07, 6.45) is 0. The third-order valence-electron chi connectivity index (χ3n) is 3.90. The monoisotopic (exact) mass is 372 g/mol. The third-order valence-corrected chi connectivity index (χ3v) is 4.82. The fourth-order valence-electron chi connectivity index (χ4n) is 2.55. The molecule has 3 rings (SSSR count). The molecular weight excluding hydrogens is 352 g/mol. The van der Waals surface area contributed by atoms with Crippen LogP contribution in [0.3, 0.4) is 0 Å². The maximum absolute atomic E-state index is 11.7. The van der Waals surface area contributed by atoms with Crippen LogP contribution in [0.1, 0.15) is 18.3 Å². The minimum Gasteiger partial charge on any atom is -0.486 e. The van der Waals surface area contributed by atoms with Gasteiger partial charge in [-0.3, -0.25) is 0 Å². The van der Waals surface area contributed by atoms with Crippen LogP contribution in [0.5, 0.6) is 5.75 Å². The van der Waals surface area contributed by atoms with E-state index in [2.05, 4.69) is 10.1 Å². The molecular formula is C18H20N4O3S. The number of primary sulfonamides is 1. The Kier molecular flexibility index (Phi) is 5.06. The van der Waals surface area contributed by atoms with Gasteiger partial charge in [0.1, 0.15) is 12.4 Å². The number of aromatic nitrogens is 3. The molecule has 0 radical (unpaired) electrons. The Morgan fingerprint density at radius 3 is 2.54 bits per heavy atom. The smallest absolute Gasteiger partial charge is 0.238 e. The summed E-state index contributed by atoms with van der Waals surface area (Å²) in [5, 5.41) is 9.70. The van der Waals surface area contributed by atoms with E-state index in [1.54, 1.807) is 10.7 Å². The molecule has 7 nitrogen and oxygen atoms in total. The van der Waals surface area contributed by atoms with Crippen molar-refractivity contribution in [2.75, 3.05) is 0 Å². The zero-order valence-corrected chi connectivity index (χ0v) is 15.4. The van der Waals surface area contributed by atoms with Gasteiger partial charge < -0.3 is 4.74 Å². The first-order chi connectivity index (χ1) is 12.4. The molecule has 0 aliphatic carbocycles. The number of rotatable bonds is 6. The zero-order chi connectivity index (χ0) is 18.7. The predicted octanol–water partition coefficient (Wildman–Crippen LogP) is 2.50. The number of sulfonamides is 1. The Hall–Kier alpha value is -2.71. The molecule has 0 bridgehead atoms. The Morgan fingerprint density at radius 2 is 1.88 bits per heavy atom. The van der Waals surface area contributed by atoms with Gasteiger partial charge in [-0.2, -0.15) is 5.10 Å². The molecule has 136 valence electrons. The van der Waals surface area contributed by atoms with Crippen LogP contribution in [0.15, 0.2) is 53.4 Å². The first-order valence-corrected chi connectivity index (χ1v) is 9.68. The van der Waals surface area contributed by atoms with E-state index in [1.807, 2.05) is 44.2 Å². The van der Waals surface area contributed by atoms with E-state index < -0.39 is 10.0 Å². The molecule has 0 unspecified atom stereocenters. The summed E-state index contributed by atoms with van der Waals surface area (Å²) < 4.78 is 30.7. The van der Waals surface area contributed by atoms with Crippen LogP contribution >= 0.6 is 0 Å². The average Bonchev–Trinajstić information content (AvgIpc) is 3.03. The van der Waals surface area contributed by atoms with E-state index >= 15 is 0 Å². The predicted molar refractivity (Wildman–Crippen MR) is 98.0 cm³/mol. The van der Waals surface area contributed by atoms with Crippen LogP contribution < -0.4 is 9.88 Å². The first kappa shape index (κ1) is 18.1. The van der Waals surface area contributed by atoms with Crippen LogP contribution in [0.25, 0.3) is 11.4 Å². The summed E-state index contributed by atoms with van der Waals surface area (Å²) in [4.78, 5) is 4.59. The lowest BCUT2D eigenvalue weighted by atomic mass is 10.1. The number of aryl methyl sites for hydroxylation is 2. The van der Waals surface area contributed by atoms with Gasteiger partial charge in [-0.15, -0.1) is 0 Å². The Morgan fingerprint density at radius 1 is 1.15 bits per heavy atom. The molecule has 8 heteroatoms. The van der Waals surface area contributed by atoms with Gasteiger partial charge in [-0.25, -0.2) is 23.2 Å². The molecule has 1 heterocycles. The van der Waals surface area contributed by atoms with Crippen molar-refractivity contribution in [3.05, 3.63) is 59.9 Å². The molecule has 0 aliphatic heterocycles. The average molecular weight is 372 g/mol. The Labute approximate surface area is 152 Å². The lowest BCUT2D eigenvalue weighted by Gasteiger charge is -2.08. The van der Waals surface area contributed by atoms with Gasteiger partial charge >= 0.3 is 0 Å². The van der Waals surface area contributed by atoms with Crippen LogP contribution in [-0.2, 0) is 23.2 Å². The fraction of sp³-hybridized carbons (Fsp3) is 0.222. The van der Waals surface area contributed by atoms with E-state index in [1.165, 1.54) is 12.1 Å². The number of hydrogen-bond acceptors (Lipinski definition) is 5. The van der Waals surface area contributed by atoms with Crippen molar-refractivity contribution in [1.29, 1.82) is 0 Å². The summed E-state index contributed by atoms with van der Waals surface area (Å²) >= 11 is 0. The fourth-order valence-corrected chi connectivity index (χ4v) is 3.09. The number of nitrogens with two attached hydrogens (primary N) is 1. The number of hydrogen-bond donors (Lipinski definition) is 1. The van der Waals surface area contributed by atoms with E-state index in [0.717, 1.165) is 11.3 Å². The highest BCUT2D eigenvalue weighted by Gasteiger charge is 2.17. The first-order valence-electron chi connectivity index (χ1n) is 8.14. The van der Waals surface area contributed by atoms with E-state index in [9.17, 15) is 8.42 Å². The molecule has 1 aromatic heterocycles. The third kappa shape index (κ3) is 3.92. The second-order valence-corrected chi connectivity index (χ2v) is 7.35. The van der Waals surface area contributed by atoms with Crippen LogP contribution in [-0.4, -0.2) is 23.2 Å². The minimum atomic E-state index is -3.79. The highest BCUT2D eigenvalue weighted by atomic mass is 32.2. The number of para-hydroxylation sites is 1. The summed E-state index contributed by atoms with van der Waals surface area (Å²) in [5.41, 5.74) is 1.56. The summed E-state index contributed by atoms with van der Waals surface area (Å²) in [7, 11) is -3.79. The Bertz CT molecular complexity index is 1010. The van der Waals surface area contributed by atoms with E-state index in [4.69, 9.17) is 9.88 Å². The van der Waals surface area contributed by atoms with Gasteiger partial charge in [0.2, 0.25) is 10.0 Å². The van der Waals surface area contributed by atoms with Crippen LogP contribution in [0.4, 0.5) is 0 Å². The molecule has 0 atom stereocenters. The number of nitrogens with zero attached hydrogens (tertiary/aromatic N) is 3. The SMILES string of the molecule is CCn1nc(COc2ccccc2)nc1-c1cc(S(N)(=O)=O)ccc1C. The van der Waals surface area contributed by atoms with Crippen molar-refractivity contribution in [3.63, 3.8) is 0 Å². The molecule has 0 saturated carbocycles. The van der Waals surface area contributed by atoms with Crippen LogP contribution in [0.2, 0.25) is 0 Å². The van der Waals surface area contributed by atoms with Crippen molar-refractivity contribution in [2.24, 2.45) is 5.14 Å². The van der Waals surface area contributed by atoms with Crippen molar-refractivity contribution in [1.82, 2.24) is 14.8 Å². The minimum absolute atomic E-state index is 0.0471. The zero-order valence-electron chi connectivity index (χ0n) is 14.6. The highest BCUT2D eigenvalue weighted by molar-refractivity contribution is 7.89. The molecule has 0 fully saturated rings. The van der Waals surface area contributed by atoms with Gasteiger partial charge in [-0.05, 0) is 43.7 Å². The normalized spacial score (nSPS) is 11.5. The molecule has 26 heavy (non-hydrogen) atoms. The highest BCUT2D eigenvalue weighted by Crippen LogP contribution is 2.25. The quantitative estimate of drug-likeness (QED) is 0.716. The van der Waals surface area contributed by atoms with Crippen molar-refractivity contribution in [3.8, 4) is 17.1 Å².